The number of aromatic nitrogens is 1. The van der Waals surface area contributed by atoms with Crippen LogP contribution in [0.25, 0.3) is 5.69 Å². The Bertz CT molecular complexity index is 1080. The van der Waals surface area contributed by atoms with Crippen molar-refractivity contribution in [1.82, 2.24) is 4.57 Å². The standard InChI is InChI=1S/C21H21ClN2O2S2/c1-13-10-16-17(11-21(2,3)12-18(16)25)24(13)15-6-4-14(5-7-15)23-28(26)20-9-8-19(22)27-20/h4-10,23H,11-12H2,1-3H3. The lowest BCUT2D eigenvalue weighted by Gasteiger charge is -2.30. The molecule has 2 heterocycles. The molecule has 0 spiro atoms. The molecule has 0 aliphatic heterocycles. The molecule has 0 saturated heterocycles. The van der Waals surface area contributed by atoms with Crippen molar-refractivity contribution in [3.05, 3.63) is 63.8 Å². The van der Waals surface area contributed by atoms with Crippen molar-refractivity contribution in [2.24, 2.45) is 5.41 Å². The van der Waals surface area contributed by atoms with E-state index in [-0.39, 0.29) is 11.2 Å². The van der Waals surface area contributed by atoms with E-state index in [9.17, 15) is 9.00 Å². The first kappa shape index (κ1) is 19.4. The van der Waals surface area contributed by atoms with Crippen molar-refractivity contribution >= 4 is 45.4 Å². The minimum Gasteiger partial charge on any atom is -0.317 e. The molecule has 4 rings (SSSR count). The largest absolute Gasteiger partial charge is 0.317 e. The predicted molar refractivity (Wildman–Crippen MR) is 116 cm³/mol. The molecule has 1 N–H and O–H groups in total. The Hall–Kier alpha value is -1.89. The zero-order valence-corrected chi connectivity index (χ0v) is 18.3. The molecule has 0 amide bonds. The van der Waals surface area contributed by atoms with Crippen LogP contribution in [0.3, 0.4) is 0 Å². The molecule has 1 aliphatic carbocycles. The summed E-state index contributed by atoms with van der Waals surface area (Å²) in [7, 11) is -1.35. The molecule has 1 unspecified atom stereocenters. The minimum atomic E-state index is -1.35. The van der Waals surface area contributed by atoms with E-state index in [0.29, 0.717) is 15.0 Å². The number of hydrogen-bond acceptors (Lipinski definition) is 3. The average molecular weight is 433 g/mol. The van der Waals surface area contributed by atoms with Crippen molar-refractivity contribution in [3.8, 4) is 5.69 Å². The Labute approximate surface area is 176 Å². The number of hydrogen-bond donors (Lipinski definition) is 1. The normalized spacial score (nSPS) is 16.6. The number of fused-ring (bicyclic) bond motifs is 1. The number of nitrogens with one attached hydrogen (secondary N) is 1. The van der Waals surface area contributed by atoms with Gasteiger partial charge in [-0.25, -0.2) is 4.21 Å². The predicted octanol–water partition coefficient (Wildman–Crippen LogP) is 5.79. The Morgan fingerprint density at radius 1 is 1.14 bits per heavy atom. The van der Waals surface area contributed by atoms with Gasteiger partial charge in [-0.3, -0.25) is 4.79 Å². The van der Waals surface area contributed by atoms with Crippen LogP contribution in [0.5, 0.6) is 0 Å². The van der Waals surface area contributed by atoms with Crippen LogP contribution in [0.15, 0.2) is 46.7 Å². The van der Waals surface area contributed by atoms with Crippen molar-refractivity contribution in [2.75, 3.05) is 4.72 Å². The van der Waals surface area contributed by atoms with Crippen molar-refractivity contribution in [2.45, 2.75) is 37.8 Å². The second-order valence-corrected chi connectivity index (χ2v) is 11.1. The lowest BCUT2D eigenvalue weighted by Crippen LogP contribution is -2.27. The number of carbonyl (C=O) groups is 1. The van der Waals surface area contributed by atoms with E-state index in [1.807, 2.05) is 37.3 Å². The quantitative estimate of drug-likeness (QED) is 0.567. The van der Waals surface area contributed by atoms with Gasteiger partial charge in [0, 0.05) is 34.7 Å². The summed E-state index contributed by atoms with van der Waals surface area (Å²) in [5.74, 6) is 0.219. The van der Waals surface area contributed by atoms with Crippen LogP contribution >= 0.6 is 22.9 Å². The lowest BCUT2D eigenvalue weighted by molar-refractivity contribution is 0.0911. The maximum atomic E-state index is 12.5. The first-order valence-corrected chi connectivity index (χ1v) is 11.4. The Morgan fingerprint density at radius 2 is 1.86 bits per heavy atom. The highest BCUT2D eigenvalue weighted by Crippen LogP contribution is 2.37. The van der Waals surface area contributed by atoms with Gasteiger partial charge in [0.15, 0.2) is 16.8 Å². The Balaban J connectivity index is 1.62. The number of nitrogens with zero attached hydrogens (tertiary/aromatic N) is 1. The average Bonchev–Trinajstić information content (AvgIpc) is 3.18. The van der Waals surface area contributed by atoms with Gasteiger partial charge < -0.3 is 9.29 Å². The molecule has 1 aliphatic rings. The third kappa shape index (κ3) is 3.69. The van der Waals surface area contributed by atoms with Crippen molar-refractivity contribution in [1.29, 1.82) is 0 Å². The molecule has 146 valence electrons. The van der Waals surface area contributed by atoms with Gasteiger partial charge in [0.25, 0.3) is 0 Å². The first-order valence-electron chi connectivity index (χ1n) is 9.02. The van der Waals surface area contributed by atoms with Crippen LogP contribution < -0.4 is 4.72 Å². The zero-order valence-electron chi connectivity index (χ0n) is 15.9. The number of aryl methyl sites for hydroxylation is 1. The molecule has 7 heteroatoms. The van der Waals surface area contributed by atoms with Crippen LogP contribution in [0.4, 0.5) is 5.69 Å². The van der Waals surface area contributed by atoms with Crippen molar-refractivity contribution in [3.63, 3.8) is 0 Å². The third-order valence-corrected chi connectivity index (χ3v) is 7.59. The summed E-state index contributed by atoms with van der Waals surface area (Å²) in [5.41, 5.74) is 4.70. The molecule has 1 atom stereocenters. The van der Waals surface area contributed by atoms with Gasteiger partial charge in [-0.05, 0) is 61.2 Å². The first-order chi connectivity index (χ1) is 13.2. The number of thiophene rings is 1. The highest BCUT2D eigenvalue weighted by molar-refractivity contribution is 7.88. The monoisotopic (exact) mass is 432 g/mol. The highest BCUT2D eigenvalue weighted by Gasteiger charge is 2.34. The summed E-state index contributed by atoms with van der Waals surface area (Å²) in [5, 5.41) is 0. The topological polar surface area (TPSA) is 51.1 Å². The molecule has 3 aromatic rings. The van der Waals surface area contributed by atoms with Crippen LogP contribution in [0.2, 0.25) is 4.34 Å². The minimum absolute atomic E-state index is 0.0347. The number of rotatable bonds is 4. The van der Waals surface area contributed by atoms with Gasteiger partial charge >= 0.3 is 0 Å². The molecule has 0 radical (unpaired) electrons. The summed E-state index contributed by atoms with van der Waals surface area (Å²) in [6.45, 7) is 6.31. The third-order valence-electron chi connectivity index (χ3n) is 4.94. The van der Waals surface area contributed by atoms with Crippen LogP contribution in [0.1, 0.15) is 42.0 Å². The molecule has 0 bridgehead atoms. The maximum Gasteiger partial charge on any atom is 0.165 e. The molecule has 28 heavy (non-hydrogen) atoms. The molecule has 4 nitrogen and oxygen atoms in total. The van der Waals surface area contributed by atoms with Gasteiger partial charge in [0.1, 0.15) is 4.21 Å². The Morgan fingerprint density at radius 3 is 2.50 bits per heavy atom. The van der Waals surface area contributed by atoms with Gasteiger partial charge in [-0.15, -0.1) is 11.3 Å². The summed E-state index contributed by atoms with van der Waals surface area (Å²) in [6, 6.07) is 13.3. The van der Waals surface area contributed by atoms with Gasteiger partial charge in [0.2, 0.25) is 0 Å². The number of halogens is 1. The van der Waals surface area contributed by atoms with E-state index in [0.717, 1.165) is 34.7 Å². The summed E-state index contributed by atoms with van der Waals surface area (Å²) in [6.07, 6.45) is 1.45. The van der Waals surface area contributed by atoms with Crippen molar-refractivity contribution < 1.29 is 9.00 Å². The fraction of sp³-hybridized carbons (Fsp3) is 0.286. The van der Waals surface area contributed by atoms with Gasteiger partial charge in [0.05, 0.1) is 4.34 Å². The molecular weight excluding hydrogens is 412 g/mol. The highest BCUT2D eigenvalue weighted by atomic mass is 35.5. The lowest BCUT2D eigenvalue weighted by atomic mass is 9.76. The Kier molecular flexibility index (Phi) is 4.98. The second kappa shape index (κ2) is 7.17. The number of ketones is 1. The maximum absolute atomic E-state index is 12.5. The molecule has 2 aromatic heterocycles. The molecular formula is C21H21ClN2O2S2. The van der Waals surface area contributed by atoms with E-state index in [2.05, 4.69) is 23.1 Å². The number of benzene rings is 1. The van der Waals surface area contributed by atoms with E-state index in [1.165, 1.54) is 11.3 Å². The van der Waals surface area contributed by atoms with Crippen LogP contribution in [0, 0.1) is 12.3 Å². The number of Topliss-reactive ketones (excluding diaryl/α,β-unsaturated/α-hetero) is 1. The van der Waals surface area contributed by atoms with E-state index >= 15 is 0 Å². The molecule has 0 saturated carbocycles. The fourth-order valence-electron chi connectivity index (χ4n) is 3.74. The fourth-order valence-corrected chi connectivity index (χ4v) is 6.00. The zero-order chi connectivity index (χ0) is 20.1. The van der Waals surface area contributed by atoms with Crippen LogP contribution in [-0.2, 0) is 17.4 Å². The SMILES string of the molecule is Cc1cc2c(n1-c1ccc(NS(=O)c3ccc(Cl)s3)cc1)CC(C)(C)CC2=O. The van der Waals surface area contributed by atoms with Crippen LogP contribution in [-0.4, -0.2) is 14.6 Å². The smallest absolute Gasteiger partial charge is 0.165 e. The summed E-state index contributed by atoms with van der Waals surface area (Å²) < 4.78 is 18.9. The second-order valence-electron chi connectivity index (χ2n) is 7.90. The summed E-state index contributed by atoms with van der Waals surface area (Å²) >= 11 is 7.22. The van der Waals surface area contributed by atoms with Gasteiger partial charge in [-0.2, -0.15) is 0 Å². The number of anilines is 1. The molecule has 1 aromatic carbocycles. The summed E-state index contributed by atoms with van der Waals surface area (Å²) in [4.78, 5) is 12.5. The number of carbonyl (C=O) groups excluding carboxylic acids is 1. The van der Waals surface area contributed by atoms with E-state index in [1.54, 1.807) is 12.1 Å². The van der Waals surface area contributed by atoms with Gasteiger partial charge in [-0.1, -0.05) is 25.4 Å². The molecule has 0 fully saturated rings. The van der Waals surface area contributed by atoms with E-state index in [4.69, 9.17) is 11.6 Å². The van der Waals surface area contributed by atoms with E-state index < -0.39 is 11.0 Å².